The van der Waals surface area contributed by atoms with Crippen LogP contribution in [-0.2, 0) is 14.3 Å². The minimum atomic E-state index is -0.508. The van der Waals surface area contributed by atoms with E-state index in [4.69, 9.17) is 4.74 Å². The standard InChI is InChI=1S/C27H36N4O4/c1-5-30(6-2)23-12-10-22(11-13-23)27(34)35-19-25(33)31-16-14-29(15-17-31)18-24(32)28-26-20(3)8-7-9-21(26)4/h7-13H,5-6,14-19H2,1-4H3,(H,28,32). The Morgan fingerprint density at radius 1 is 0.914 bits per heavy atom. The van der Waals surface area contributed by atoms with Crippen molar-refractivity contribution in [2.45, 2.75) is 27.7 Å². The van der Waals surface area contributed by atoms with Crippen LogP contribution < -0.4 is 10.2 Å². The summed E-state index contributed by atoms with van der Waals surface area (Å²) in [5.41, 5.74) is 4.39. The van der Waals surface area contributed by atoms with Gasteiger partial charge in [0.05, 0.1) is 12.1 Å². The molecule has 1 fully saturated rings. The van der Waals surface area contributed by atoms with Gasteiger partial charge in [-0.1, -0.05) is 18.2 Å². The van der Waals surface area contributed by atoms with Crippen LogP contribution in [0, 0.1) is 13.8 Å². The van der Waals surface area contributed by atoms with Gasteiger partial charge in [-0.25, -0.2) is 4.79 Å². The molecule has 0 saturated carbocycles. The lowest BCUT2D eigenvalue weighted by molar-refractivity contribution is -0.136. The maximum atomic E-state index is 12.5. The second kappa shape index (κ2) is 12.4. The van der Waals surface area contributed by atoms with E-state index in [9.17, 15) is 14.4 Å². The van der Waals surface area contributed by atoms with Crippen molar-refractivity contribution in [3.63, 3.8) is 0 Å². The fraction of sp³-hybridized carbons (Fsp3) is 0.444. The molecule has 2 aromatic carbocycles. The fourth-order valence-corrected chi connectivity index (χ4v) is 4.25. The zero-order chi connectivity index (χ0) is 25.4. The zero-order valence-electron chi connectivity index (χ0n) is 21.2. The molecule has 8 heteroatoms. The number of aryl methyl sites for hydroxylation is 2. The number of piperazine rings is 1. The van der Waals surface area contributed by atoms with Crippen molar-refractivity contribution in [1.29, 1.82) is 0 Å². The van der Waals surface area contributed by atoms with Gasteiger partial charge in [0, 0.05) is 50.6 Å². The van der Waals surface area contributed by atoms with Crippen molar-refractivity contribution in [3.05, 3.63) is 59.2 Å². The number of rotatable bonds is 9. The number of carbonyl (C=O) groups excluding carboxylic acids is 3. The second-order valence-corrected chi connectivity index (χ2v) is 8.77. The van der Waals surface area contributed by atoms with E-state index >= 15 is 0 Å². The molecule has 0 aromatic heterocycles. The molecule has 0 atom stereocenters. The smallest absolute Gasteiger partial charge is 0.338 e. The number of hydrogen-bond donors (Lipinski definition) is 1. The van der Waals surface area contributed by atoms with Crippen LogP contribution >= 0.6 is 0 Å². The molecule has 0 spiro atoms. The molecule has 1 aliphatic heterocycles. The number of ether oxygens (including phenoxy) is 1. The van der Waals surface area contributed by atoms with Gasteiger partial charge in [-0.05, 0) is 63.1 Å². The summed E-state index contributed by atoms with van der Waals surface area (Å²) in [7, 11) is 0. The van der Waals surface area contributed by atoms with Gasteiger partial charge < -0.3 is 19.9 Å². The van der Waals surface area contributed by atoms with E-state index in [0.29, 0.717) is 31.7 Å². The highest BCUT2D eigenvalue weighted by molar-refractivity contribution is 5.94. The average molecular weight is 481 g/mol. The summed E-state index contributed by atoms with van der Waals surface area (Å²) in [6.45, 7) is 12.0. The van der Waals surface area contributed by atoms with Crippen LogP contribution in [0.4, 0.5) is 11.4 Å². The van der Waals surface area contributed by atoms with Crippen molar-refractivity contribution in [2.75, 3.05) is 62.6 Å². The third-order valence-electron chi connectivity index (χ3n) is 6.40. The number of nitrogens with zero attached hydrogens (tertiary/aromatic N) is 3. The van der Waals surface area contributed by atoms with E-state index in [1.165, 1.54) is 0 Å². The summed E-state index contributed by atoms with van der Waals surface area (Å²) in [6, 6.07) is 13.1. The van der Waals surface area contributed by atoms with Crippen LogP contribution in [0.1, 0.15) is 35.3 Å². The Morgan fingerprint density at radius 2 is 1.51 bits per heavy atom. The maximum absolute atomic E-state index is 12.5. The van der Waals surface area contributed by atoms with Crippen LogP contribution in [0.3, 0.4) is 0 Å². The minimum Gasteiger partial charge on any atom is -0.452 e. The molecule has 0 aliphatic carbocycles. The van der Waals surface area contributed by atoms with Crippen molar-refractivity contribution in [2.24, 2.45) is 0 Å². The van der Waals surface area contributed by atoms with Gasteiger partial charge in [0.2, 0.25) is 5.91 Å². The van der Waals surface area contributed by atoms with Crippen molar-refractivity contribution >= 4 is 29.2 Å². The number of anilines is 2. The first-order valence-corrected chi connectivity index (χ1v) is 12.2. The van der Waals surface area contributed by atoms with Crippen molar-refractivity contribution in [1.82, 2.24) is 9.80 Å². The van der Waals surface area contributed by atoms with Gasteiger partial charge >= 0.3 is 5.97 Å². The van der Waals surface area contributed by atoms with E-state index in [0.717, 1.165) is 35.6 Å². The molecule has 2 amide bonds. The Bertz CT molecular complexity index is 1010. The largest absolute Gasteiger partial charge is 0.452 e. The number of carbonyl (C=O) groups is 3. The number of nitrogens with one attached hydrogen (secondary N) is 1. The highest BCUT2D eigenvalue weighted by Crippen LogP contribution is 2.19. The second-order valence-electron chi connectivity index (χ2n) is 8.77. The lowest BCUT2D eigenvalue weighted by Gasteiger charge is -2.34. The van der Waals surface area contributed by atoms with Crippen LogP contribution in [0.15, 0.2) is 42.5 Å². The van der Waals surface area contributed by atoms with Gasteiger partial charge in [0.1, 0.15) is 0 Å². The molecule has 1 heterocycles. The van der Waals surface area contributed by atoms with E-state index in [1.54, 1.807) is 17.0 Å². The van der Waals surface area contributed by atoms with Crippen LogP contribution in [0.2, 0.25) is 0 Å². The number of hydrogen-bond acceptors (Lipinski definition) is 6. The Balaban J connectivity index is 1.41. The Labute approximate surface area is 207 Å². The Kier molecular flexibility index (Phi) is 9.25. The lowest BCUT2D eigenvalue weighted by Crippen LogP contribution is -2.51. The normalized spacial score (nSPS) is 13.9. The number of benzene rings is 2. The molecular formula is C27H36N4O4. The topological polar surface area (TPSA) is 82.2 Å². The predicted molar refractivity (Wildman–Crippen MR) is 138 cm³/mol. The first-order chi connectivity index (χ1) is 16.8. The third-order valence-corrected chi connectivity index (χ3v) is 6.40. The molecule has 35 heavy (non-hydrogen) atoms. The molecule has 1 aliphatic rings. The summed E-state index contributed by atoms with van der Waals surface area (Å²) in [4.78, 5) is 43.3. The lowest BCUT2D eigenvalue weighted by atomic mass is 10.1. The molecule has 3 rings (SSSR count). The molecule has 0 bridgehead atoms. The minimum absolute atomic E-state index is 0.0666. The predicted octanol–water partition coefficient (Wildman–Crippen LogP) is 3.09. The summed E-state index contributed by atoms with van der Waals surface area (Å²) in [5, 5.41) is 3.00. The van der Waals surface area contributed by atoms with Crippen molar-refractivity contribution in [3.8, 4) is 0 Å². The number of esters is 1. The molecule has 2 aromatic rings. The highest BCUT2D eigenvalue weighted by Gasteiger charge is 2.23. The first-order valence-electron chi connectivity index (χ1n) is 12.2. The number of amides is 2. The van der Waals surface area contributed by atoms with Gasteiger partial charge in [-0.3, -0.25) is 14.5 Å². The van der Waals surface area contributed by atoms with E-state index < -0.39 is 5.97 Å². The molecule has 8 nitrogen and oxygen atoms in total. The van der Waals surface area contributed by atoms with Gasteiger partial charge in [-0.2, -0.15) is 0 Å². The van der Waals surface area contributed by atoms with Gasteiger partial charge in [0.15, 0.2) is 6.61 Å². The third kappa shape index (κ3) is 7.05. The maximum Gasteiger partial charge on any atom is 0.338 e. The summed E-state index contributed by atoms with van der Waals surface area (Å²) in [6.07, 6.45) is 0. The summed E-state index contributed by atoms with van der Waals surface area (Å²) in [5.74, 6) is -0.799. The molecule has 1 saturated heterocycles. The van der Waals surface area contributed by atoms with Crippen LogP contribution in [0.5, 0.6) is 0 Å². The van der Waals surface area contributed by atoms with E-state index in [1.807, 2.05) is 49.1 Å². The van der Waals surface area contributed by atoms with Gasteiger partial charge in [0.25, 0.3) is 5.91 Å². The Hall–Kier alpha value is -3.39. The quantitative estimate of drug-likeness (QED) is 0.556. The highest BCUT2D eigenvalue weighted by atomic mass is 16.5. The molecule has 1 N–H and O–H groups in total. The molecular weight excluding hydrogens is 444 g/mol. The fourth-order valence-electron chi connectivity index (χ4n) is 4.25. The monoisotopic (exact) mass is 480 g/mol. The van der Waals surface area contributed by atoms with E-state index in [2.05, 4.69) is 24.1 Å². The SMILES string of the molecule is CCN(CC)c1ccc(C(=O)OCC(=O)N2CCN(CC(=O)Nc3c(C)cccc3C)CC2)cc1. The first kappa shape index (κ1) is 26.2. The molecule has 188 valence electrons. The molecule has 0 radical (unpaired) electrons. The summed E-state index contributed by atoms with van der Waals surface area (Å²) >= 11 is 0. The van der Waals surface area contributed by atoms with E-state index in [-0.39, 0.29) is 25.0 Å². The average Bonchev–Trinajstić information content (AvgIpc) is 2.86. The Morgan fingerprint density at radius 3 is 2.09 bits per heavy atom. The van der Waals surface area contributed by atoms with Gasteiger partial charge in [-0.15, -0.1) is 0 Å². The van der Waals surface area contributed by atoms with Crippen LogP contribution in [0.25, 0.3) is 0 Å². The molecule has 0 unspecified atom stereocenters. The summed E-state index contributed by atoms with van der Waals surface area (Å²) < 4.78 is 5.25. The van der Waals surface area contributed by atoms with Crippen molar-refractivity contribution < 1.29 is 19.1 Å². The zero-order valence-corrected chi connectivity index (χ0v) is 21.2. The number of para-hydroxylation sites is 1. The van der Waals surface area contributed by atoms with Crippen LogP contribution in [-0.4, -0.2) is 80.0 Å².